The smallest absolute Gasteiger partial charge is 0.0339 e. The highest BCUT2D eigenvalue weighted by Gasteiger charge is 2.21. The number of hydrogen-bond acceptors (Lipinski definition) is 3. The Bertz CT molecular complexity index is 332. The molecule has 2 heterocycles. The van der Waals surface area contributed by atoms with Crippen molar-refractivity contribution in [1.82, 2.24) is 9.80 Å². The number of nitrogens with zero attached hydrogens (tertiary/aromatic N) is 2. The summed E-state index contributed by atoms with van der Waals surface area (Å²) in [6, 6.07) is 2.90. The van der Waals surface area contributed by atoms with Crippen molar-refractivity contribution >= 4 is 27.3 Å². The second-order valence-corrected chi connectivity index (χ2v) is 6.50. The average molecular weight is 303 g/mol. The Labute approximate surface area is 110 Å². The molecular weight excluding hydrogens is 284 g/mol. The van der Waals surface area contributed by atoms with E-state index in [1.807, 2.05) is 11.3 Å². The van der Waals surface area contributed by atoms with Crippen LogP contribution in [0.1, 0.15) is 17.7 Å². The maximum absolute atomic E-state index is 3.60. The first-order valence-electron chi connectivity index (χ1n) is 5.77. The zero-order valence-corrected chi connectivity index (χ0v) is 12.4. The third-order valence-corrected chi connectivity index (χ3v) is 5.31. The summed E-state index contributed by atoms with van der Waals surface area (Å²) in [6.45, 7) is 3.55. The fourth-order valence-electron chi connectivity index (χ4n) is 2.23. The Hall–Kier alpha value is 0.100. The molecule has 0 saturated carbocycles. The standard InChI is InChI=1S/C12H19BrN2S/c1-14-6-3-10(4-7-14)15(2)9-12-11(13)5-8-16-12/h5,8,10H,3-4,6-7,9H2,1-2H3. The lowest BCUT2D eigenvalue weighted by Gasteiger charge is -2.35. The summed E-state index contributed by atoms with van der Waals surface area (Å²) in [7, 11) is 4.47. The molecule has 1 saturated heterocycles. The Kier molecular flexibility index (Phi) is 4.41. The molecule has 0 unspecified atom stereocenters. The van der Waals surface area contributed by atoms with Crippen molar-refractivity contribution in [3.8, 4) is 0 Å². The molecule has 0 atom stereocenters. The van der Waals surface area contributed by atoms with Gasteiger partial charge in [-0.1, -0.05) is 0 Å². The molecule has 90 valence electrons. The monoisotopic (exact) mass is 302 g/mol. The zero-order chi connectivity index (χ0) is 11.5. The fraction of sp³-hybridized carbons (Fsp3) is 0.667. The van der Waals surface area contributed by atoms with E-state index in [4.69, 9.17) is 0 Å². The summed E-state index contributed by atoms with van der Waals surface area (Å²) in [6.07, 6.45) is 2.60. The van der Waals surface area contributed by atoms with Gasteiger partial charge in [-0.3, -0.25) is 4.90 Å². The minimum absolute atomic E-state index is 0.755. The van der Waals surface area contributed by atoms with E-state index in [-0.39, 0.29) is 0 Å². The quantitative estimate of drug-likeness (QED) is 0.847. The van der Waals surface area contributed by atoms with Gasteiger partial charge in [-0.15, -0.1) is 11.3 Å². The predicted molar refractivity (Wildman–Crippen MR) is 74.0 cm³/mol. The molecule has 0 bridgehead atoms. The molecule has 1 aromatic heterocycles. The van der Waals surface area contributed by atoms with Crippen LogP contribution in [0.3, 0.4) is 0 Å². The largest absolute Gasteiger partial charge is 0.306 e. The van der Waals surface area contributed by atoms with Crippen LogP contribution < -0.4 is 0 Å². The SMILES string of the molecule is CN1CCC(N(C)Cc2sccc2Br)CC1. The Morgan fingerprint density at radius 3 is 2.75 bits per heavy atom. The summed E-state index contributed by atoms with van der Waals surface area (Å²) < 4.78 is 1.26. The van der Waals surface area contributed by atoms with Crippen molar-refractivity contribution in [2.45, 2.75) is 25.4 Å². The van der Waals surface area contributed by atoms with E-state index in [0.717, 1.165) is 12.6 Å². The van der Waals surface area contributed by atoms with E-state index < -0.39 is 0 Å². The molecule has 16 heavy (non-hydrogen) atoms. The van der Waals surface area contributed by atoms with Crippen molar-refractivity contribution in [3.05, 3.63) is 20.8 Å². The van der Waals surface area contributed by atoms with Crippen LogP contribution in [0, 0.1) is 0 Å². The van der Waals surface area contributed by atoms with Crippen LogP contribution in [-0.4, -0.2) is 43.0 Å². The van der Waals surface area contributed by atoms with Gasteiger partial charge in [-0.05, 0) is 67.4 Å². The molecule has 1 aliphatic rings. The molecule has 0 spiro atoms. The van der Waals surface area contributed by atoms with Gasteiger partial charge in [0.2, 0.25) is 0 Å². The van der Waals surface area contributed by atoms with Crippen LogP contribution in [0.15, 0.2) is 15.9 Å². The van der Waals surface area contributed by atoms with Gasteiger partial charge in [0, 0.05) is 21.9 Å². The van der Waals surface area contributed by atoms with Crippen LogP contribution >= 0.6 is 27.3 Å². The van der Waals surface area contributed by atoms with Crippen molar-refractivity contribution in [3.63, 3.8) is 0 Å². The second kappa shape index (κ2) is 5.63. The van der Waals surface area contributed by atoms with E-state index in [0.29, 0.717) is 0 Å². The lowest BCUT2D eigenvalue weighted by atomic mass is 10.0. The summed E-state index contributed by atoms with van der Waals surface area (Å²) in [5.74, 6) is 0. The number of halogens is 1. The summed E-state index contributed by atoms with van der Waals surface area (Å²) >= 11 is 5.45. The molecule has 0 aliphatic carbocycles. The fourth-order valence-corrected chi connectivity index (χ4v) is 3.77. The van der Waals surface area contributed by atoms with Crippen LogP contribution in [-0.2, 0) is 6.54 Å². The first-order chi connectivity index (χ1) is 7.66. The van der Waals surface area contributed by atoms with Gasteiger partial charge in [0.25, 0.3) is 0 Å². The maximum atomic E-state index is 3.60. The predicted octanol–water partition coefficient (Wildman–Crippen LogP) is 3.04. The normalized spacial score (nSPS) is 19.5. The van der Waals surface area contributed by atoms with E-state index in [9.17, 15) is 0 Å². The molecule has 0 aromatic carbocycles. The van der Waals surface area contributed by atoms with Gasteiger partial charge in [-0.2, -0.15) is 0 Å². The van der Waals surface area contributed by atoms with Gasteiger partial charge in [0.05, 0.1) is 0 Å². The number of thiophene rings is 1. The second-order valence-electron chi connectivity index (χ2n) is 4.64. The van der Waals surface area contributed by atoms with Crippen LogP contribution in [0.25, 0.3) is 0 Å². The summed E-state index contributed by atoms with van der Waals surface area (Å²) in [5, 5.41) is 2.15. The summed E-state index contributed by atoms with van der Waals surface area (Å²) in [4.78, 5) is 6.37. The average Bonchev–Trinajstić information content (AvgIpc) is 2.65. The third kappa shape index (κ3) is 3.06. The molecule has 4 heteroatoms. The van der Waals surface area contributed by atoms with Crippen LogP contribution in [0.5, 0.6) is 0 Å². The highest BCUT2D eigenvalue weighted by atomic mass is 79.9. The van der Waals surface area contributed by atoms with Gasteiger partial charge in [0.1, 0.15) is 0 Å². The molecule has 0 amide bonds. The molecule has 2 rings (SSSR count). The van der Waals surface area contributed by atoms with Crippen molar-refractivity contribution < 1.29 is 0 Å². The lowest BCUT2D eigenvalue weighted by molar-refractivity contribution is 0.140. The number of likely N-dealkylation sites (tertiary alicyclic amines) is 1. The van der Waals surface area contributed by atoms with Gasteiger partial charge >= 0.3 is 0 Å². The van der Waals surface area contributed by atoms with Crippen LogP contribution in [0.2, 0.25) is 0 Å². The number of piperidine rings is 1. The van der Waals surface area contributed by atoms with Gasteiger partial charge in [0.15, 0.2) is 0 Å². The van der Waals surface area contributed by atoms with E-state index in [1.54, 1.807) is 0 Å². The van der Waals surface area contributed by atoms with Gasteiger partial charge in [-0.25, -0.2) is 0 Å². The van der Waals surface area contributed by atoms with Crippen molar-refractivity contribution in [2.75, 3.05) is 27.2 Å². The highest BCUT2D eigenvalue weighted by Crippen LogP contribution is 2.25. The lowest BCUT2D eigenvalue weighted by Crippen LogP contribution is -2.41. The first-order valence-corrected chi connectivity index (χ1v) is 7.44. The van der Waals surface area contributed by atoms with Crippen molar-refractivity contribution in [2.24, 2.45) is 0 Å². The highest BCUT2D eigenvalue weighted by molar-refractivity contribution is 9.10. The molecule has 1 aromatic rings. The number of hydrogen-bond donors (Lipinski definition) is 0. The topological polar surface area (TPSA) is 6.48 Å². The molecule has 0 N–H and O–H groups in total. The Morgan fingerprint density at radius 2 is 2.19 bits per heavy atom. The maximum Gasteiger partial charge on any atom is 0.0339 e. The molecular formula is C12H19BrN2S. The Balaban J connectivity index is 1.88. The zero-order valence-electron chi connectivity index (χ0n) is 9.95. The summed E-state index contributed by atoms with van der Waals surface area (Å²) in [5.41, 5.74) is 0. The van der Waals surface area contributed by atoms with E-state index in [1.165, 1.54) is 35.3 Å². The Morgan fingerprint density at radius 1 is 1.50 bits per heavy atom. The molecule has 0 radical (unpaired) electrons. The number of rotatable bonds is 3. The van der Waals surface area contributed by atoms with E-state index >= 15 is 0 Å². The van der Waals surface area contributed by atoms with Gasteiger partial charge < -0.3 is 4.90 Å². The first kappa shape index (κ1) is 12.6. The molecule has 1 aliphatic heterocycles. The van der Waals surface area contributed by atoms with E-state index in [2.05, 4.69) is 51.3 Å². The third-order valence-electron chi connectivity index (χ3n) is 3.40. The van der Waals surface area contributed by atoms with Crippen LogP contribution in [0.4, 0.5) is 0 Å². The molecule has 1 fully saturated rings. The minimum atomic E-state index is 0.755. The van der Waals surface area contributed by atoms with Crippen molar-refractivity contribution in [1.29, 1.82) is 0 Å². The molecule has 2 nitrogen and oxygen atoms in total. The minimum Gasteiger partial charge on any atom is -0.306 e.